The van der Waals surface area contributed by atoms with E-state index in [1.165, 1.54) is 0 Å². The van der Waals surface area contributed by atoms with E-state index in [0.717, 1.165) is 11.1 Å². The molecule has 0 fully saturated rings. The van der Waals surface area contributed by atoms with Crippen LogP contribution in [-0.4, -0.2) is 12.5 Å². The summed E-state index contributed by atoms with van der Waals surface area (Å²) in [4.78, 5) is 11.9. The highest BCUT2D eigenvalue weighted by Crippen LogP contribution is 2.25. The molecule has 0 bridgehead atoms. The van der Waals surface area contributed by atoms with Crippen LogP contribution in [0, 0.1) is 13.8 Å². The number of carbonyl (C=O) groups excluding carboxylic acids is 1. The highest BCUT2D eigenvalue weighted by Gasteiger charge is 2.08. The lowest BCUT2D eigenvalue weighted by atomic mass is 10.2. The maximum absolute atomic E-state index is 11.9. The molecule has 0 unspecified atom stereocenters. The molecule has 2 aromatic rings. The van der Waals surface area contributed by atoms with Gasteiger partial charge in [0.2, 0.25) is 0 Å². The van der Waals surface area contributed by atoms with Crippen molar-refractivity contribution in [3.63, 3.8) is 0 Å². The predicted molar refractivity (Wildman–Crippen MR) is 86.5 cm³/mol. The smallest absolute Gasteiger partial charge is 0.262 e. The summed E-state index contributed by atoms with van der Waals surface area (Å²) in [6.07, 6.45) is 0. The molecule has 0 aliphatic heterocycles. The summed E-state index contributed by atoms with van der Waals surface area (Å²) in [6.45, 7) is 3.70. The minimum atomic E-state index is -0.252. The van der Waals surface area contributed by atoms with Crippen molar-refractivity contribution in [2.45, 2.75) is 13.8 Å². The Hall–Kier alpha value is -1.71. The molecule has 0 radical (unpaired) electrons. The molecule has 1 amide bonds. The van der Waals surface area contributed by atoms with Crippen LogP contribution < -0.4 is 10.1 Å². The van der Waals surface area contributed by atoms with Gasteiger partial charge in [-0.05, 0) is 55.3 Å². The fraction of sp³-hybridized carbons (Fsp3) is 0.188. The number of benzene rings is 2. The molecule has 3 nitrogen and oxygen atoms in total. The van der Waals surface area contributed by atoms with Gasteiger partial charge in [0.15, 0.2) is 6.61 Å². The van der Waals surface area contributed by atoms with Crippen molar-refractivity contribution in [3.05, 3.63) is 57.6 Å². The second-order valence-corrected chi connectivity index (χ2v) is 5.57. The highest BCUT2D eigenvalue weighted by molar-refractivity contribution is 6.32. The molecular formula is C16H15Cl2NO2. The Labute approximate surface area is 133 Å². The van der Waals surface area contributed by atoms with Crippen LogP contribution in [0.5, 0.6) is 5.75 Å². The van der Waals surface area contributed by atoms with Crippen LogP contribution in [0.15, 0.2) is 36.4 Å². The van der Waals surface area contributed by atoms with Gasteiger partial charge in [-0.25, -0.2) is 0 Å². The number of nitrogens with one attached hydrogen (secondary N) is 1. The molecule has 0 spiro atoms. The van der Waals surface area contributed by atoms with E-state index in [1.54, 1.807) is 30.3 Å². The Morgan fingerprint density at radius 1 is 1.14 bits per heavy atom. The van der Waals surface area contributed by atoms with Crippen molar-refractivity contribution < 1.29 is 9.53 Å². The van der Waals surface area contributed by atoms with Crippen LogP contribution in [0.4, 0.5) is 5.69 Å². The number of aryl methyl sites for hydroxylation is 2. The first-order chi connectivity index (χ1) is 9.95. The third-order valence-electron chi connectivity index (χ3n) is 2.91. The second-order valence-electron chi connectivity index (χ2n) is 4.73. The van der Waals surface area contributed by atoms with Crippen molar-refractivity contribution in [3.8, 4) is 5.75 Å². The molecule has 2 aromatic carbocycles. The molecule has 5 heteroatoms. The number of halogens is 2. The van der Waals surface area contributed by atoms with Crippen molar-refractivity contribution >= 4 is 34.8 Å². The Balaban J connectivity index is 1.97. The summed E-state index contributed by atoms with van der Waals surface area (Å²) in [5.41, 5.74) is 2.62. The van der Waals surface area contributed by atoms with Crippen LogP contribution >= 0.6 is 23.2 Å². The SMILES string of the molecule is Cc1ccc(Cl)c(OCC(=O)Nc2ccc(Cl)cc2C)c1. The van der Waals surface area contributed by atoms with Crippen molar-refractivity contribution in [1.82, 2.24) is 0 Å². The number of anilines is 1. The van der Waals surface area contributed by atoms with Gasteiger partial charge in [0.25, 0.3) is 5.91 Å². The Bertz CT molecular complexity index is 671. The fourth-order valence-electron chi connectivity index (χ4n) is 1.82. The van der Waals surface area contributed by atoms with Crippen molar-refractivity contribution in [2.75, 3.05) is 11.9 Å². The summed E-state index contributed by atoms with van der Waals surface area (Å²) in [5, 5.41) is 3.89. The second kappa shape index (κ2) is 6.83. The normalized spacial score (nSPS) is 10.3. The lowest BCUT2D eigenvalue weighted by molar-refractivity contribution is -0.118. The summed E-state index contributed by atoms with van der Waals surface area (Å²) in [5.74, 6) is 0.248. The molecule has 0 aromatic heterocycles. The van der Waals surface area contributed by atoms with Gasteiger partial charge in [-0.3, -0.25) is 4.79 Å². The van der Waals surface area contributed by atoms with E-state index in [4.69, 9.17) is 27.9 Å². The van der Waals surface area contributed by atoms with Gasteiger partial charge in [0.05, 0.1) is 5.02 Å². The van der Waals surface area contributed by atoms with E-state index in [2.05, 4.69) is 5.32 Å². The maximum Gasteiger partial charge on any atom is 0.262 e. The Morgan fingerprint density at radius 3 is 2.62 bits per heavy atom. The molecule has 0 aliphatic rings. The Morgan fingerprint density at radius 2 is 1.90 bits per heavy atom. The molecular weight excluding hydrogens is 309 g/mol. The van der Waals surface area contributed by atoms with E-state index in [-0.39, 0.29) is 12.5 Å². The number of hydrogen-bond donors (Lipinski definition) is 1. The Kier molecular flexibility index (Phi) is 5.10. The van der Waals surface area contributed by atoms with Gasteiger partial charge in [0, 0.05) is 10.7 Å². The first-order valence-corrected chi connectivity index (χ1v) is 7.16. The quantitative estimate of drug-likeness (QED) is 0.890. The molecule has 21 heavy (non-hydrogen) atoms. The summed E-state index contributed by atoms with van der Waals surface area (Å²) < 4.78 is 5.45. The first kappa shape index (κ1) is 15.7. The molecule has 1 N–H and O–H groups in total. The average molecular weight is 324 g/mol. The van der Waals surface area contributed by atoms with E-state index in [1.807, 2.05) is 19.9 Å². The van der Waals surface area contributed by atoms with Crippen LogP contribution in [0.2, 0.25) is 10.0 Å². The van der Waals surface area contributed by atoms with Crippen molar-refractivity contribution in [1.29, 1.82) is 0 Å². The van der Waals surface area contributed by atoms with E-state index < -0.39 is 0 Å². The minimum Gasteiger partial charge on any atom is -0.482 e. The predicted octanol–water partition coefficient (Wildman–Crippen LogP) is 4.63. The zero-order chi connectivity index (χ0) is 15.4. The monoisotopic (exact) mass is 323 g/mol. The molecule has 0 saturated carbocycles. The largest absolute Gasteiger partial charge is 0.482 e. The molecule has 0 heterocycles. The van der Waals surface area contributed by atoms with Gasteiger partial charge in [-0.15, -0.1) is 0 Å². The molecule has 110 valence electrons. The minimum absolute atomic E-state index is 0.106. The van der Waals surface area contributed by atoms with Gasteiger partial charge < -0.3 is 10.1 Å². The number of amides is 1. The van der Waals surface area contributed by atoms with Gasteiger partial charge in [0.1, 0.15) is 5.75 Å². The van der Waals surface area contributed by atoms with Crippen molar-refractivity contribution in [2.24, 2.45) is 0 Å². The number of ether oxygens (including phenoxy) is 1. The van der Waals surface area contributed by atoms with Crippen LogP contribution in [0.25, 0.3) is 0 Å². The average Bonchev–Trinajstić information content (AvgIpc) is 2.43. The molecule has 2 rings (SSSR count). The molecule has 0 aliphatic carbocycles. The van der Waals surface area contributed by atoms with Crippen LogP contribution in [0.1, 0.15) is 11.1 Å². The lowest BCUT2D eigenvalue weighted by Crippen LogP contribution is -2.20. The zero-order valence-electron chi connectivity index (χ0n) is 11.7. The lowest BCUT2D eigenvalue weighted by Gasteiger charge is -2.11. The fourth-order valence-corrected chi connectivity index (χ4v) is 2.22. The third kappa shape index (κ3) is 4.38. The van der Waals surface area contributed by atoms with Crippen LogP contribution in [-0.2, 0) is 4.79 Å². The van der Waals surface area contributed by atoms with Gasteiger partial charge >= 0.3 is 0 Å². The number of rotatable bonds is 4. The molecule has 0 saturated heterocycles. The summed E-state index contributed by atoms with van der Waals surface area (Å²) in [7, 11) is 0. The van der Waals surface area contributed by atoms with E-state index in [0.29, 0.717) is 21.5 Å². The van der Waals surface area contributed by atoms with E-state index in [9.17, 15) is 4.79 Å². The van der Waals surface area contributed by atoms with E-state index >= 15 is 0 Å². The van der Waals surface area contributed by atoms with Crippen LogP contribution in [0.3, 0.4) is 0 Å². The first-order valence-electron chi connectivity index (χ1n) is 6.40. The maximum atomic E-state index is 11.9. The summed E-state index contributed by atoms with van der Waals surface area (Å²) in [6, 6.07) is 10.7. The number of carbonyl (C=O) groups is 1. The topological polar surface area (TPSA) is 38.3 Å². The standard InChI is InChI=1S/C16H15Cl2NO2/c1-10-3-5-13(18)15(7-10)21-9-16(20)19-14-6-4-12(17)8-11(14)2/h3-8H,9H2,1-2H3,(H,19,20). The van der Waals surface area contributed by atoms with Gasteiger partial charge in [-0.1, -0.05) is 29.3 Å². The zero-order valence-corrected chi connectivity index (χ0v) is 13.3. The summed E-state index contributed by atoms with van der Waals surface area (Å²) >= 11 is 11.9. The number of hydrogen-bond acceptors (Lipinski definition) is 2. The highest BCUT2D eigenvalue weighted by atomic mass is 35.5. The van der Waals surface area contributed by atoms with Gasteiger partial charge in [-0.2, -0.15) is 0 Å². The third-order valence-corrected chi connectivity index (χ3v) is 3.46. The molecule has 0 atom stereocenters.